The SMILES string of the molecule is Cc1cc(C(=O)Nc2cccc(S(=O)(=O)N3CCCCC3)c2)ccc1O. The molecule has 1 amide bonds. The molecule has 1 saturated heterocycles. The van der Waals surface area contributed by atoms with Gasteiger partial charge >= 0.3 is 0 Å². The summed E-state index contributed by atoms with van der Waals surface area (Å²) < 4.78 is 27.0. The molecule has 2 N–H and O–H groups in total. The fraction of sp³-hybridized carbons (Fsp3) is 0.316. The Labute approximate surface area is 153 Å². The smallest absolute Gasteiger partial charge is 0.255 e. The number of aromatic hydroxyl groups is 1. The van der Waals surface area contributed by atoms with Gasteiger partial charge in [0.2, 0.25) is 10.0 Å². The molecule has 1 fully saturated rings. The lowest BCUT2D eigenvalue weighted by molar-refractivity contribution is 0.102. The fourth-order valence-electron chi connectivity index (χ4n) is 2.99. The van der Waals surface area contributed by atoms with Crippen LogP contribution in [0.15, 0.2) is 47.4 Å². The molecule has 0 aromatic heterocycles. The molecule has 0 saturated carbocycles. The zero-order valence-corrected chi connectivity index (χ0v) is 15.4. The van der Waals surface area contributed by atoms with Gasteiger partial charge in [-0.2, -0.15) is 4.31 Å². The number of carbonyl (C=O) groups excluding carboxylic acids is 1. The summed E-state index contributed by atoms with van der Waals surface area (Å²) in [6.07, 6.45) is 2.79. The number of benzene rings is 2. The van der Waals surface area contributed by atoms with Crippen LogP contribution in [0.2, 0.25) is 0 Å². The Morgan fingerprint density at radius 3 is 2.50 bits per heavy atom. The van der Waals surface area contributed by atoms with Gasteiger partial charge in [0.25, 0.3) is 5.91 Å². The Morgan fingerprint density at radius 1 is 1.08 bits per heavy atom. The number of anilines is 1. The number of piperidine rings is 1. The monoisotopic (exact) mass is 374 g/mol. The van der Waals surface area contributed by atoms with Gasteiger partial charge in [-0.05, 0) is 61.7 Å². The Balaban J connectivity index is 1.80. The second-order valence-electron chi connectivity index (χ2n) is 6.45. The van der Waals surface area contributed by atoms with E-state index in [1.165, 1.54) is 22.5 Å². The van der Waals surface area contributed by atoms with Crippen LogP contribution in [0.5, 0.6) is 5.75 Å². The lowest BCUT2D eigenvalue weighted by atomic mass is 10.1. The van der Waals surface area contributed by atoms with E-state index in [2.05, 4.69) is 5.32 Å². The molecule has 0 atom stereocenters. The average molecular weight is 374 g/mol. The second kappa shape index (κ2) is 7.47. The van der Waals surface area contributed by atoms with Gasteiger partial charge < -0.3 is 10.4 Å². The number of hydrogen-bond donors (Lipinski definition) is 2. The highest BCUT2D eigenvalue weighted by Gasteiger charge is 2.26. The van der Waals surface area contributed by atoms with Crippen molar-refractivity contribution in [1.82, 2.24) is 4.31 Å². The molecule has 138 valence electrons. The molecule has 0 radical (unpaired) electrons. The summed E-state index contributed by atoms with van der Waals surface area (Å²) in [5, 5.41) is 12.3. The highest BCUT2D eigenvalue weighted by molar-refractivity contribution is 7.89. The van der Waals surface area contributed by atoms with E-state index in [9.17, 15) is 18.3 Å². The van der Waals surface area contributed by atoms with Crippen LogP contribution in [0.25, 0.3) is 0 Å². The minimum atomic E-state index is -3.55. The van der Waals surface area contributed by atoms with Gasteiger partial charge in [0, 0.05) is 24.3 Å². The Bertz CT molecular complexity index is 919. The molecule has 1 aliphatic rings. The van der Waals surface area contributed by atoms with Crippen LogP contribution >= 0.6 is 0 Å². The topological polar surface area (TPSA) is 86.7 Å². The van der Waals surface area contributed by atoms with E-state index in [-0.39, 0.29) is 16.6 Å². The normalized spacial score (nSPS) is 15.6. The van der Waals surface area contributed by atoms with Crippen LogP contribution in [0.3, 0.4) is 0 Å². The standard InChI is InChI=1S/C19H22N2O4S/c1-14-12-15(8-9-18(14)22)19(23)20-16-6-5-7-17(13-16)26(24,25)21-10-3-2-4-11-21/h5-9,12-13,22H,2-4,10-11H2,1H3,(H,20,23). The van der Waals surface area contributed by atoms with Crippen molar-refractivity contribution in [2.45, 2.75) is 31.1 Å². The van der Waals surface area contributed by atoms with Crippen molar-refractivity contribution in [3.8, 4) is 5.75 Å². The zero-order valence-electron chi connectivity index (χ0n) is 14.6. The number of aryl methyl sites for hydroxylation is 1. The van der Waals surface area contributed by atoms with Gasteiger partial charge in [-0.15, -0.1) is 0 Å². The summed E-state index contributed by atoms with van der Waals surface area (Å²) >= 11 is 0. The van der Waals surface area contributed by atoms with Crippen molar-refractivity contribution >= 4 is 21.6 Å². The fourth-order valence-corrected chi connectivity index (χ4v) is 4.55. The number of nitrogens with zero attached hydrogens (tertiary/aromatic N) is 1. The van der Waals surface area contributed by atoms with Crippen molar-refractivity contribution < 1.29 is 18.3 Å². The van der Waals surface area contributed by atoms with E-state index >= 15 is 0 Å². The van der Waals surface area contributed by atoms with E-state index in [1.54, 1.807) is 31.2 Å². The third kappa shape index (κ3) is 3.89. The maximum absolute atomic E-state index is 12.8. The second-order valence-corrected chi connectivity index (χ2v) is 8.39. The molecule has 6 nitrogen and oxygen atoms in total. The molecule has 2 aromatic rings. The molecule has 1 heterocycles. The van der Waals surface area contributed by atoms with E-state index in [1.807, 2.05) is 0 Å². The molecule has 0 bridgehead atoms. The first-order valence-electron chi connectivity index (χ1n) is 8.59. The number of amides is 1. The number of rotatable bonds is 4. The van der Waals surface area contributed by atoms with Gasteiger partial charge in [0.15, 0.2) is 0 Å². The summed E-state index contributed by atoms with van der Waals surface area (Å²) in [7, 11) is -3.55. The molecule has 3 rings (SSSR count). The average Bonchev–Trinajstić information content (AvgIpc) is 2.65. The third-order valence-corrected chi connectivity index (χ3v) is 6.40. The van der Waals surface area contributed by atoms with Gasteiger partial charge in [-0.25, -0.2) is 8.42 Å². The Kier molecular flexibility index (Phi) is 5.29. The molecular weight excluding hydrogens is 352 g/mol. The molecule has 0 unspecified atom stereocenters. The molecule has 2 aromatic carbocycles. The number of nitrogens with one attached hydrogen (secondary N) is 1. The summed E-state index contributed by atoms with van der Waals surface area (Å²) in [5.41, 5.74) is 1.41. The number of carbonyl (C=O) groups is 1. The molecular formula is C19H22N2O4S. The van der Waals surface area contributed by atoms with E-state index in [4.69, 9.17) is 0 Å². The van der Waals surface area contributed by atoms with Gasteiger partial charge in [-0.1, -0.05) is 12.5 Å². The third-order valence-electron chi connectivity index (χ3n) is 4.50. The van der Waals surface area contributed by atoms with Crippen molar-refractivity contribution in [1.29, 1.82) is 0 Å². The quantitative estimate of drug-likeness (QED) is 0.861. The van der Waals surface area contributed by atoms with Crippen LogP contribution < -0.4 is 5.32 Å². The van der Waals surface area contributed by atoms with Crippen molar-refractivity contribution in [3.05, 3.63) is 53.6 Å². The summed E-state index contributed by atoms with van der Waals surface area (Å²) in [4.78, 5) is 12.6. The zero-order chi connectivity index (χ0) is 18.7. The first-order valence-corrected chi connectivity index (χ1v) is 10.0. The van der Waals surface area contributed by atoms with Crippen LogP contribution in [-0.4, -0.2) is 36.8 Å². The maximum Gasteiger partial charge on any atom is 0.255 e. The van der Waals surface area contributed by atoms with Crippen molar-refractivity contribution in [2.75, 3.05) is 18.4 Å². The predicted octanol–water partition coefficient (Wildman–Crippen LogP) is 3.13. The van der Waals surface area contributed by atoms with E-state index in [0.717, 1.165) is 19.3 Å². The maximum atomic E-state index is 12.8. The highest BCUT2D eigenvalue weighted by Crippen LogP contribution is 2.23. The van der Waals surface area contributed by atoms with Crippen LogP contribution in [0.1, 0.15) is 35.2 Å². The minimum Gasteiger partial charge on any atom is -0.508 e. The number of sulfonamides is 1. The summed E-state index contributed by atoms with van der Waals surface area (Å²) in [5.74, 6) is -0.239. The van der Waals surface area contributed by atoms with Gasteiger partial charge in [0.05, 0.1) is 4.90 Å². The lowest BCUT2D eigenvalue weighted by Crippen LogP contribution is -2.35. The summed E-state index contributed by atoms with van der Waals surface area (Å²) in [6.45, 7) is 2.77. The Hall–Kier alpha value is -2.38. The number of phenols is 1. The van der Waals surface area contributed by atoms with Gasteiger partial charge in [-0.3, -0.25) is 4.79 Å². The number of phenolic OH excluding ortho intramolecular Hbond substituents is 1. The first-order chi connectivity index (χ1) is 12.4. The first kappa shape index (κ1) is 18.4. The van der Waals surface area contributed by atoms with Crippen molar-refractivity contribution in [3.63, 3.8) is 0 Å². The predicted molar refractivity (Wildman–Crippen MR) is 99.8 cm³/mol. The molecule has 0 spiro atoms. The minimum absolute atomic E-state index is 0.121. The number of hydrogen-bond acceptors (Lipinski definition) is 4. The van der Waals surface area contributed by atoms with E-state index < -0.39 is 10.0 Å². The molecule has 7 heteroatoms. The van der Waals surface area contributed by atoms with Crippen LogP contribution in [-0.2, 0) is 10.0 Å². The Morgan fingerprint density at radius 2 is 1.81 bits per heavy atom. The van der Waals surface area contributed by atoms with Crippen LogP contribution in [0.4, 0.5) is 5.69 Å². The highest BCUT2D eigenvalue weighted by atomic mass is 32.2. The molecule has 26 heavy (non-hydrogen) atoms. The van der Waals surface area contributed by atoms with E-state index in [0.29, 0.717) is 29.9 Å². The molecule has 1 aliphatic heterocycles. The molecule has 0 aliphatic carbocycles. The van der Waals surface area contributed by atoms with Crippen molar-refractivity contribution in [2.24, 2.45) is 0 Å². The van der Waals surface area contributed by atoms with Crippen LogP contribution in [0, 0.1) is 6.92 Å². The largest absolute Gasteiger partial charge is 0.508 e. The van der Waals surface area contributed by atoms with Gasteiger partial charge in [0.1, 0.15) is 5.75 Å². The lowest BCUT2D eigenvalue weighted by Gasteiger charge is -2.26. The summed E-state index contributed by atoms with van der Waals surface area (Å²) in [6, 6.07) is 10.9.